The summed E-state index contributed by atoms with van der Waals surface area (Å²) in [5, 5.41) is 19.3. The lowest BCUT2D eigenvalue weighted by atomic mass is 10.2. The number of hydrogen-bond donors (Lipinski definition) is 1. The van der Waals surface area contributed by atoms with Gasteiger partial charge in [-0.25, -0.2) is 0 Å². The van der Waals surface area contributed by atoms with Gasteiger partial charge in [0, 0.05) is 31.4 Å². The number of carboxylic acid groups (broad SMARTS) is 1. The predicted molar refractivity (Wildman–Crippen MR) is 65.2 cm³/mol. The Labute approximate surface area is 104 Å². The Balaban J connectivity index is 2.96. The summed E-state index contributed by atoms with van der Waals surface area (Å²) in [5.74, 6) is -0.555. The van der Waals surface area contributed by atoms with Gasteiger partial charge in [-0.1, -0.05) is 0 Å². The van der Waals surface area contributed by atoms with E-state index in [0.717, 1.165) is 0 Å². The minimum absolute atomic E-state index is 0.0402. The highest BCUT2D eigenvalue weighted by molar-refractivity contribution is 5.68. The molecule has 0 aliphatic rings. The van der Waals surface area contributed by atoms with Gasteiger partial charge in [-0.2, -0.15) is 0 Å². The monoisotopic (exact) mass is 254 g/mol. The van der Waals surface area contributed by atoms with Crippen molar-refractivity contribution in [3.63, 3.8) is 0 Å². The number of nitrogens with zero attached hydrogens (tertiary/aromatic N) is 2. The van der Waals surface area contributed by atoms with E-state index < -0.39 is 10.9 Å². The first-order valence-electron chi connectivity index (χ1n) is 5.20. The third-order valence-electron chi connectivity index (χ3n) is 2.42. The maximum absolute atomic E-state index is 10.7. The Kier molecular flexibility index (Phi) is 4.47. The molecule has 0 aromatic heterocycles. The molecule has 0 atom stereocenters. The number of rotatable bonds is 6. The van der Waals surface area contributed by atoms with Crippen molar-refractivity contribution in [3.05, 3.63) is 28.3 Å². The molecule has 0 aliphatic carbocycles. The van der Waals surface area contributed by atoms with Gasteiger partial charge in [0.05, 0.1) is 24.5 Å². The molecule has 0 bridgehead atoms. The summed E-state index contributed by atoms with van der Waals surface area (Å²) in [6, 6.07) is 4.31. The average molecular weight is 254 g/mol. The fourth-order valence-corrected chi connectivity index (χ4v) is 1.40. The molecular weight excluding hydrogens is 240 g/mol. The lowest BCUT2D eigenvalue weighted by Gasteiger charge is -2.18. The SMILES string of the molecule is COc1cc(N(C)CCC(=O)O)cc([N+](=O)[O-])c1. The van der Waals surface area contributed by atoms with Crippen molar-refractivity contribution < 1.29 is 19.6 Å². The first kappa shape index (κ1) is 13.8. The highest BCUT2D eigenvalue weighted by Gasteiger charge is 2.13. The van der Waals surface area contributed by atoms with Crippen molar-refractivity contribution in [2.45, 2.75) is 6.42 Å². The molecule has 0 unspecified atom stereocenters. The van der Waals surface area contributed by atoms with Crippen LogP contribution < -0.4 is 9.64 Å². The first-order chi connectivity index (χ1) is 8.43. The van der Waals surface area contributed by atoms with E-state index in [1.165, 1.54) is 19.2 Å². The maximum atomic E-state index is 10.7. The van der Waals surface area contributed by atoms with E-state index in [2.05, 4.69) is 0 Å². The molecule has 0 amide bonds. The molecule has 1 rings (SSSR count). The van der Waals surface area contributed by atoms with Crippen LogP contribution in [0.5, 0.6) is 5.75 Å². The van der Waals surface area contributed by atoms with Crippen LogP contribution in [0.3, 0.4) is 0 Å². The molecule has 1 aromatic carbocycles. The number of anilines is 1. The van der Waals surface area contributed by atoms with Crippen molar-refractivity contribution in [3.8, 4) is 5.75 Å². The minimum atomic E-state index is -0.917. The van der Waals surface area contributed by atoms with Gasteiger partial charge in [0.15, 0.2) is 0 Å². The van der Waals surface area contributed by atoms with Crippen LogP contribution in [0, 0.1) is 10.1 Å². The number of ether oxygens (including phenoxy) is 1. The summed E-state index contributed by atoms with van der Waals surface area (Å²) in [6.45, 7) is 0.264. The van der Waals surface area contributed by atoms with Crippen molar-refractivity contribution in [2.24, 2.45) is 0 Å². The van der Waals surface area contributed by atoms with Crippen molar-refractivity contribution in [1.29, 1.82) is 0 Å². The molecule has 7 heteroatoms. The molecule has 0 saturated heterocycles. The Hall–Kier alpha value is -2.31. The lowest BCUT2D eigenvalue weighted by Crippen LogP contribution is -2.21. The lowest BCUT2D eigenvalue weighted by molar-refractivity contribution is -0.384. The summed E-state index contributed by atoms with van der Waals surface area (Å²) < 4.78 is 4.97. The molecule has 0 saturated carbocycles. The van der Waals surface area contributed by atoms with Crippen LogP contribution in [0.15, 0.2) is 18.2 Å². The van der Waals surface area contributed by atoms with Crippen LogP contribution in [0.1, 0.15) is 6.42 Å². The third-order valence-corrected chi connectivity index (χ3v) is 2.42. The third kappa shape index (κ3) is 3.62. The van der Waals surface area contributed by atoms with E-state index in [-0.39, 0.29) is 18.7 Å². The summed E-state index contributed by atoms with van der Waals surface area (Å²) in [6.07, 6.45) is -0.0402. The quantitative estimate of drug-likeness (QED) is 0.611. The van der Waals surface area contributed by atoms with Gasteiger partial charge in [-0.15, -0.1) is 0 Å². The Morgan fingerprint density at radius 3 is 2.67 bits per heavy atom. The molecule has 0 radical (unpaired) electrons. The summed E-state index contributed by atoms with van der Waals surface area (Å²) in [7, 11) is 3.08. The topological polar surface area (TPSA) is 92.9 Å². The fraction of sp³-hybridized carbons (Fsp3) is 0.364. The highest BCUT2D eigenvalue weighted by atomic mass is 16.6. The van der Waals surface area contributed by atoms with E-state index in [1.807, 2.05) is 0 Å². The molecular formula is C11H14N2O5. The molecule has 0 aliphatic heterocycles. The normalized spacial score (nSPS) is 9.89. The van der Waals surface area contributed by atoms with Gasteiger partial charge in [-0.3, -0.25) is 14.9 Å². The van der Waals surface area contributed by atoms with Crippen LogP contribution >= 0.6 is 0 Å². The number of hydrogen-bond acceptors (Lipinski definition) is 5. The zero-order chi connectivity index (χ0) is 13.7. The van der Waals surface area contributed by atoms with Crippen LogP contribution in [-0.2, 0) is 4.79 Å². The Morgan fingerprint density at radius 2 is 2.17 bits per heavy atom. The fourth-order valence-electron chi connectivity index (χ4n) is 1.40. The number of benzene rings is 1. The van der Waals surface area contributed by atoms with E-state index in [9.17, 15) is 14.9 Å². The number of nitro benzene ring substituents is 1. The first-order valence-corrected chi connectivity index (χ1v) is 5.20. The van der Waals surface area contributed by atoms with Gasteiger partial charge in [0.2, 0.25) is 0 Å². The van der Waals surface area contributed by atoms with Crippen LogP contribution in [0.2, 0.25) is 0 Å². The second kappa shape index (κ2) is 5.85. The molecule has 18 heavy (non-hydrogen) atoms. The number of nitro groups is 1. The number of methoxy groups -OCH3 is 1. The summed E-state index contributed by atoms with van der Waals surface area (Å²) in [4.78, 5) is 22.3. The summed E-state index contributed by atoms with van der Waals surface area (Å²) >= 11 is 0. The van der Waals surface area contributed by atoms with Gasteiger partial charge in [0.1, 0.15) is 5.75 Å². The van der Waals surface area contributed by atoms with Crippen molar-refractivity contribution >= 4 is 17.3 Å². The van der Waals surface area contributed by atoms with E-state index in [4.69, 9.17) is 9.84 Å². The van der Waals surface area contributed by atoms with Crippen LogP contribution in [0.25, 0.3) is 0 Å². The van der Waals surface area contributed by atoms with Crippen molar-refractivity contribution in [1.82, 2.24) is 0 Å². The zero-order valence-electron chi connectivity index (χ0n) is 10.1. The Morgan fingerprint density at radius 1 is 1.50 bits per heavy atom. The highest BCUT2D eigenvalue weighted by Crippen LogP contribution is 2.27. The number of non-ortho nitro benzene ring substituents is 1. The van der Waals surface area contributed by atoms with Crippen molar-refractivity contribution in [2.75, 3.05) is 25.6 Å². The maximum Gasteiger partial charge on any atom is 0.305 e. The second-order valence-corrected chi connectivity index (χ2v) is 3.71. The van der Waals surface area contributed by atoms with E-state index in [1.54, 1.807) is 18.0 Å². The van der Waals surface area contributed by atoms with Crippen LogP contribution in [0.4, 0.5) is 11.4 Å². The molecule has 0 spiro atoms. The largest absolute Gasteiger partial charge is 0.496 e. The predicted octanol–water partition coefficient (Wildman–Crippen LogP) is 1.51. The number of carboxylic acids is 1. The standard InChI is InChI=1S/C11H14N2O5/c1-12(4-3-11(14)15)8-5-9(13(16)17)7-10(6-8)18-2/h5-7H,3-4H2,1-2H3,(H,14,15). The van der Waals surface area contributed by atoms with E-state index in [0.29, 0.717) is 11.4 Å². The zero-order valence-corrected chi connectivity index (χ0v) is 10.1. The molecule has 0 heterocycles. The van der Waals surface area contributed by atoms with Crippen LogP contribution in [-0.4, -0.2) is 36.7 Å². The molecule has 1 aromatic rings. The smallest absolute Gasteiger partial charge is 0.305 e. The van der Waals surface area contributed by atoms with Gasteiger partial charge in [0.25, 0.3) is 5.69 Å². The molecule has 7 nitrogen and oxygen atoms in total. The second-order valence-electron chi connectivity index (χ2n) is 3.71. The average Bonchev–Trinajstić information content (AvgIpc) is 2.35. The number of aliphatic carboxylic acids is 1. The number of carbonyl (C=O) groups is 1. The van der Waals surface area contributed by atoms with Gasteiger partial charge >= 0.3 is 5.97 Å². The van der Waals surface area contributed by atoms with Gasteiger partial charge < -0.3 is 14.7 Å². The van der Waals surface area contributed by atoms with Gasteiger partial charge in [-0.05, 0) is 0 Å². The minimum Gasteiger partial charge on any atom is -0.496 e. The molecule has 98 valence electrons. The Bertz CT molecular complexity index is 461. The molecule has 0 fully saturated rings. The summed E-state index contributed by atoms with van der Waals surface area (Å²) in [5.41, 5.74) is 0.453. The molecule has 1 N–H and O–H groups in total. The van der Waals surface area contributed by atoms with E-state index >= 15 is 0 Å².